The molecule has 4 fully saturated rings. The molecule has 1 aromatic heterocycles. The van der Waals surface area contributed by atoms with Crippen molar-refractivity contribution < 1.29 is 9.90 Å². The van der Waals surface area contributed by atoms with E-state index >= 15 is 0 Å². The maximum absolute atomic E-state index is 12.1. The van der Waals surface area contributed by atoms with Crippen molar-refractivity contribution in [1.29, 1.82) is 0 Å². The maximum atomic E-state index is 12.1. The highest BCUT2D eigenvalue weighted by atomic mass is 16.3. The van der Waals surface area contributed by atoms with Gasteiger partial charge in [0.1, 0.15) is 0 Å². The zero-order valence-corrected chi connectivity index (χ0v) is 14.4. The summed E-state index contributed by atoms with van der Waals surface area (Å²) in [6.07, 6.45) is 12.2. The number of aliphatic hydroxyl groups excluding tert-OH is 1. The number of nitrogens with one attached hydrogen (secondary N) is 1. The number of carbonyl (C=O) groups is 1. The predicted molar refractivity (Wildman–Crippen MR) is 91.1 cm³/mol. The van der Waals surface area contributed by atoms with Crippen molar-refractivity contribution in [3.63, 3.8) is 0 Å². The van der Waals surface area contributed by atoms with Gasteiger partial charge in [0.2, 0.25) is 5.91 Å². The molecule has 132 valence electrons. The van der Waals surface area contributed by atoms with Gasteiger partial charge in [-0.3, -0.25) is 9.48 Å². The minimum atomic E-state index is -0.374. The number of hydrogen-bond donors (Lipinski definition) is 2. The van der Waals surface area contributed by atoms with E-state index in [0.717, 1.165) is 30.7 Å². The first-order chi connectivity index (χ1) is 11.6. The summed E-state index contributed by atoms with van der Waals surface area (Å²) in [7, 11) is 0. The topological polar surface area (TPSA) is 67.2 Å². The average Bonchev–Trinajstić information content (AvgIpc) is 3.04. The molecule has 4 bridgehead atoms. The van der Waals surface area contributed by atoms with Crippen LogP contribution in [-0.2, 0) is 11.3 Å². The van der Waals surface area contributed by atoms with Gasteiger partial charge in [0.25, 0.3) is 0 Å². The van der Waals surface area contributed by atoms with Crippen LogP contribution in [0.2, 0.25) is 0 Å². The molecule has 0 radical (unpaired) electrons. The first-order valence-electron chi connectivity index (χ1n) is 9.55. The highest BCUT2D eigenvalue weighted by molar-refractivity contribution is 5.75. The summed E-state index contributed by atoms with van der Waals surface area (Å²) in [5.74, 6) is 2.54. The van der Waals surface area contributed by atoms with Crippen molar-refractivity contribution in [2.75, 3.05) is 6.54 Å². The van der Waals surface area contributed by atoms with E-state index in [9.17, 15) is 9.90 Å². The highest BCUT2D eigenvalue weighted by Crippen LogP contribution is 2.61. The van der Waals surface area contributed by atoms with Crippen molar-refractivity contribution in [2.24, 2.45) is 23.2 Å². The molecule has 0 spiro atoms. The van der Waals surface area contributed by atoms with Gasteiger partial charge in [0, 0.05) is 31.9 Å². The Hall–Kier alpha value is -1.36. The van der Waals surface area contributed by atoms with Gasteiger partial charge in [-0.1, -0.05) is 0 Å². The predicted octanol–water partition coefficient (Wildman–Crippen LogP) is 2.36. The Kier molecular flexibility index (Phi) is 4.37. The largest absolute Gasteiger partial charge is 0.391 e. The molecule has 0 unspecified atom stereocenters. The number of rotatable bonds is 7. The molecule has 4 saturated carbocycles. The van der Waals surface area contributed by atoms with E-state index in [1.165, 1.54) is 38.5 Å². The second kappa shape index (κ2) is 6.51. The van der Waals surface area contributed by atoms with Gasteiger partial charge in [-0.05, 0) is 74.2 Å². The minimum absolute atomic E-state index is 0.0472. The molecule has 2 N–H and O–H groups in total. The number of aryl methyl sites for hydroxylation is 1. The van der Waals surface area contributed by atoms with Crippen molar-refractivity contribution in [1.82, 2.24) is 15.1 Å². The van der Waals surface area contributed by atoms with Crippen LogP contribution in [0.5, 0.6) is 0 Å². The molecule has 1 aromatic rings. The van der Waals surface area contributed by atoms with E-state index in [4.69, 9.17) is 0 Å². The molecule has 0 aromatic carbocycles. The summed E-state index contributed by atoms with van der Waals surface area (Å²) < 4.78 is 1.84. The van der Waals surface area contributed by atoms with Gasteiger partial charge in [-0.15, -0.1) is 0 Å². The Morgan fingerprint density at radius 3 is 2.50 bits per heavy atom. The summed E-state index contributed by atoms with van der Waals surface area (Å²) >= 11 is 0. The van der Waals surface area contributed by atoms with Crippen molar-refractivity contribution in [3.8, 4) is 0 Å². The maximum Gasteiger partial charge on any atom is 0.220 e. The van der Waals surface area contributed by atoms with E-state index in [0.29, 0.717) is 13.0 Å². The van der Waals surface area contributed by atoms with Gasteiger partial charge in [0.05, 0.1) is 6.10 Å². The fraction of sp³-hybridized carbons (Fsp3) is 0.789. The SMILES string of the molecule is O=C(CCCn1cccn1)NC[C@H](O)C12CC3CC(CC(C3)C1)C2. The first-order valence-corrected chi connectivity index (χ1v) is 9.55. The Morgan fingerprint density at radius 1 is 1.25 bits per heavy atom. The van der Waals surface area contributed by atoms with Crippen LogP contribution in [0, 0.1) is 23.2 Å². The van der Waals surface area contributed by atoms with Gasteiger partial charge >= 0.3 is 0 Å². The highest BCUT2D eigenvalue weighted by Gasteiger charge is 2.53. The summed E-state index contributed by atoms with van der Waals surface area (Å²) in [5, 5.41) is 17.9. The summed E-state index contributed by atoms with van der Waals surface area (Å²) in [5.41, 5.74) is 0.0943. The normalized spacial score (nSPS) is 35.1. The number of nitrogens with zero attached hydrogens (tertiary/aromatic N) is 2. The lowest BCUT2D eigenvalue weighted by atomic mass is 9.48. The zero-order valence-electron chi connectivity index (χ0n) is 14.4. The lowest BCUT2D eigenvalue weighted by Gasteiger charge is -2.58. The van der Waals surface area contributed by atoms with Crippen molar-refractivity contribution >= 4 is 5.91 Å². The molecule has 24 heavy (non-hydrogen) atoms. The van der Waals surface area contributed by atoms with E-state index in [1.807, 2.05) is 16.9 Å². The number of aliphatic hydroxyl groups is 1. The summed E-state index contributed by atoms with van der Waals surface area (Å²) in [6, 6.07) is 1.89. The Balaban J connectivity index is 1.23. The fourth-order valence-electron chi connectivity index (χ4n) is 5.94. The summed E-state index contributed by atoms with van der Waals surface area (Å²) in [4.78, 5) is 12.1. The Bertz CT molecular complexity index is 534. The third-order valence-electron chi connectivity index (χ3n) is 6.64. The number of carbonyl (C=O) groups excluding carboxylic acids is 1. The third kappa shape index (κ3) is 3.23. The van der Waals surface area contributed by atoms with Crippen LogP contribution in [0.4, 0.5) is 0 Å². The zero-order chi connectivity index (χ0) is 16.6. The number of aromatic nitrogens is 2. The molecular formula is C19H29N3O2. The van der Waals surface area contributed by atoms with Gasteiger partial charge in [-0.2, -0.15) is 5.10 Å². The van der Waals surface area contributed by atoms with Gasteiger partial charge in [0.15, 0.2) is 0 Å². The molecule has 5 nitrogen and oxygen atoms in total. The van der Waals surface area contributed by atoms with Crippen LogP contribution >= 0.6 is 0 Å². The van der Waals surface area contributed by atoms with Crippen molar-refractivity contribution in [2.45, 2.75) is 64.0 Å². The average molecular weight is 331 g/mol. The van der Waals surface area contributed by atoms with E-state index in [-0.39, 0.29) is 17.4 Å². The molecule has 1 heterocycles. The molecule has 0 aliphatic heterocycles. The van der Waals surface area contributed by atoms with Crippen LogP contribution in [0.15, 0.2) is 18.5 Å². The van der Waals surface area contributed by atoms with Crippen LogP contribution in [0.1, 0.15) is 51.4 Å². The molecule has 4 aliphatic rings. The molecule has 5 rings (SSSR count). The van der Waals surface area contributed by atoms with Crippen LogP contribution in [0.25, 0.3) is 0 Å². The quantitative estimate of drug-likeness (QED) is 0.806. The molecular weight excluding hydrogens is 302 g/mol. The second-order valence-corrected chi connectivity index (χ2v) is 8.47. The monoisotopic (exact) mass is 331 g/mol. The van der Waals surface area contributed by atoms with Crippen LogP contribution in [0.3, 0.4) is 0 Å². The smallest absolute Gasteiger partial charge is 0.220 e. The Morgan fingerprint density at radius 2 is 1.92 bits per heavy atom. The van der Waals surface area contributed by atoms with Gasteiger partial charge < -0.3 is 10.4 Å². The second-order valence-electron chi connectivity index (χ2n) is 8.47. The van der Waals surface area contributed by atoms with E-state index in [1.54, 1.807) is 6.20 Å². The molecule has 4 aliphatic carbocycles. The lowest BCUT2D eigenvalue weighted by Crippen LogP contribution is -2.54. The first kappa shape index (κ1) is 16.1. The lowest BCUT2D eigenvalue weighted by molar-refractivity contribution is -0.129. The standard InChI is InChI=1S/C19H29N3O2/c23-17(13-20-18(24)3-1-5-22-6-2-4-21-22)19-10-14-7-15(11-19)9-16(8-14)12-19/h2,4,6,14-17,23H,1,3,5,7-13H2,(H,20,24)/t14?,15?,16?,17-,19?/m0/s1. The molecule has 1 atom stereocenters. The van der Waals surface area contributed by atoms with Crippen LogP contribution in [-0.4, -0.2) is 33.4 Å². The van der Waals surface area contributed by atoms with Crippen LogP contribution < -0.4 is 5.32 Å². The fourth-order valence-corrected chi connectivity index (χ4v) is 5.94. The third-order valence-corrected chi connectivity index (χ3v) is 6.64. The Labute approximate surface area is 143 Å². The van der Waals surface area contributed by atoms with E-state index in [2.05, 4.69) is 10.4 Å². The van der Waals surface area contributed by atoms with Crippen molar-refractivity contribution in [3.05, 3.63) is 18.5 Å². The number of hydrogen-bond acceptors (Lipinski definition) is 3. The molecule has 5 heteroatoms. The minimum Gasteiger partial charge on any atom is -0.391 e. The van der Waals surface area contributed by atoms with Gasteiger partial charge in [-0.25, -0.2) is 0 Å². The molecule has 0 saturated heterocycles. The summed E-state index contributed by atoms with van der Waals surface area (Å²) in [6.45, 7) is 1.19. The van der Waals surface area contributed by atoms with E-state index < -0.39 is 0 Å². The number of amides is 1. The molecule has 1 amide bonds.